The molecule has 0 aliphatic heterocycles. The number of esters is 2. The van der Waals surface area contributed by atoms with E-state index in [4.69, 9.17) is 15.3 Å². The van der Waals surface area contributed by atoms with E-state index in [-0.39, 0.29) is 24.4 Å². The van der Waals surface area contributed by atoms with Crippen molar-refractivity contribution in [3.05, 3.63) is 58.9 Å². The fourth-order valence-electron chi connectivity index (χ4n) is 1.51. The SMILES string of the molecule is CCOC(=O)/C(C#N)=C\C=C(C)C.CCOC(=O)\C(C#N)=C/C=C(C)/C=C/N(C)C. The van der Waals surface area contributed by atoms with Crippen molar-refractivity contribution >= 4 is 11.9 Å². The molecule has 0 amide bonds. The number of nitrogens with zero attached hydrogens (tertiary/aromatic N) is 3. The zero-order valence-electron chi connectivity index (χ0n) is 18.9. The van der Waals surface area contributed by atoms with Crippen LogP contribution in [0.25, 0.3) is 0 Å². The van der Waals surface area contributed by atoms with Crippen LogP contribution >= 0.6 is 0 Å². The van der Waals surface area contributed by atoms with E-state index in [2.05, 4.69) is 4.74 Å². The summed E-state index contributed by atoms with van der Waals surface area (Å²) in [5, 5.41) is 17.4. The lowest BCUT2D eigenvalue weighted by Gasteiger charge is -2.02. The molecule has 0 aromatic heterocycles. The molecule has 0 heterocycles. The van der Waals surface area contributed by atoms with Gasteiger partial charge in [-0.15, -0.1) is 0 Å². The van der Waals surface area contributed by atoms with E-state index in [0.29, 0.717) is 0 Å². The van der Waals surface area contributed by atoms with Crippen LogP contribution in [0.4, 0.5) is 0 Å². The Bertz CT molecular complexity index is 797. The number of rotatable bonds is 8. The minimum absolute atomic E-state index is 0.00412. The van der Waals surface area contributed by atoms with Crippen molar-refractivity contribution in [2.24, 2.45) is 0 Å². The molecule has 0 aromatic carbocycles. The number of hydrogen-bond donors (Lipinski definition) is 0. The molecule has 0 atom stereocenters. The Morgan fingerprint density at radius 3 is 1.60 bits per heavy atom. The summed E-state index contributed by atoms with van der Waals surface area (Å²) in [5.41, 5.74) is 2.00. The molecule has 162 valence electrons. The van der Waals surface area contributed by atoms with Crippen LogP contribution in [0, 0.1) is 22.7 Å². The summed E-state index contributed by atoms with van der Waals surface area (Å²) >= 11 is 0. The van der Waals surface area contributed by atoms with Gasteiger partial charge in [0.05, 0.1) is 13.2 Å². The summed E-state index contributed by atoms with van der Waals surface area (Å²) in [7, 11) is 3.83. The molecule has 0 saturated carbocycles. The summed E-state index contributed by atoms with van der Waals surface area (Å²) in [4.78, 5) is 24.2. The zero-order valence-corrected chi connectivity index (χ0v) is 18.9. The maximum absolute atomic E-state index is 11.3. The number of allylic oxidation sites excluding steroid dienone is 7. The predicted octanol–water partition coefficient (Wildman–Crippen LogP) is 3.99. The van der Waals surface area contributed by atoms with Crippen molar-refractivity contribution in [3.8, 4) is 12.1 Å². The molecule has 0 aliphatic carbocycles. The van der Waals surface area contributed by atoms with Gasteiger partial charge >= 0.3 is 11.9 Å². The van der Waals surface area contributed by atoms with Gasteiger partial charge in [-0.25, -0.2) is 9.59 Å². The van der Waals surface area contributed by atoms with Gasteiger partial charge in [0.25, 0.3) is 0 Å². The predicted molar refractivity (Wildman–Crippen MR) is 117 cm³/mol. The second kappa shape index (κ2) is 17.5. The average Bonchev–Trinajstić information content (AvgIpc) is 2.68. The Morgan fingerprint density at radius 2 is 1.27 bits per heavy atom. The quantitative estimate of drug-likeness (QED) is 0.256. The monoisotopic (exact) mass is 413 g/mol. The average molecular weight is 414 g/mol. The first-order valence-electron chi connectivity index (χ1n) is 9.35. The van der Waals surface area contributed by atoms with Crippen LogP contribution in [-0.4, -0.2) is 44.1 Å². The van der Waals surface area contributed by atoms with Gasteiger partial charge in [-0.1, -0.05) is 17.7 Å². The molecule has 0 radical (unpaired) electrons. The van der Waals surface area contributed by atoms with E-state index in [9.17, 15) is 9.59 Å². The van der Waals surface area contributed by atoms with Crippen LogP contribution in [0.2, 0.25) is 0 Å². The molecule has 0 bridgehead atoms. The Hall–Kier alpha value is -3.58. The van der Waals surface area contributed by atoms with Crippen LogP contribution in [0.1, 0.15) is 34.6 Å². The first-order chi connectivity index (χ1) is 14.1. The number of carbonyl (C=O) groups excluding carboxylic acids is 2. The number of ether oxygens (including phenoxy) is 2. The second-order valence-corrected chi connectivity index (χ2v) is 6.26. The van der Waals surface area contributed by atoms with Gasteiger partial charge in [0.2, 0.25) is 0 Å². The normalized spacial score (nSPS) is 11.4. The number of nitriles is 2. The Morgan fingerprint density at radius 1 is 0.833 bits per heavy atom. The van der Waals surface area contributed by atoms with E-state index in [1.165, 1.54) is 12.2 Å². The fraction of sp³-hybridized carbons (Fsp3) is 0.391. The van der Waals surface area contributed by atoms with Crippen LogP contribution in [0.5, 0.6) is 0 Å². The molecule has 0 aromatic rings. The topological polar surface area (TPSA) is 103 Å². The fourth-order valence-corrected chi connectivity index (χ4v) is 1.51. The third-order valence-electron chi connectivity index (χ3n) is 2.96. The standard InChI is InChI=1S/C13H18N2O2.C10H13NO2/c1-5-17-13(16)12(10-14)7-6-11(2)8-9-15(3)4;1-4-13-10(12)9(7-11)6-5-8(2)3/h6-9H,5H2,1-4H3;5-6H,4H2,1-3H3/b9-8+,11-6+,12-7-;9-6-. The summed E-state index contributed by atoms with van der Waals surface area (Å²) < 4.78 is 9.41. The summed E-state index contributed by atoms with van der Waals surface area (Å²) in [5.74, 6) is -1.15. The lowest BCUT2D eigenvalue weighted by molar-refractivity contribution is -0.138. The van der Waals surface area contributed by atoms with Gasteiger partial charge in [0.1, 0.15) is 23.3 Å². The van der Waals surface area contributed by atoms with Gasteiger partial charge < -0.3 is 14.4 Å². The number of carbonyl (C=O) groups is 2. The van der Waals surface area contributed by atoms with Crippen molar-refractivity contribution in [2.75, 3.05) is 27.3 Å². The van der Waals surface area contributed by atoms with Crippen LogP contribution in [0.3, 0.4) is 0 Å². The first kappa shape index (κ1) is 28.6. The molecule has 0 aliphatic rings. The molecule has 30 heavy (non-hydrogen) atoms. The molecule has 7 heteroatoms. The smallest absolute Gasteiger partial charge is 0.348 e. The summed E-state index contributed by atoms with van der Waals surface area (Å²) in [6, 6.07) is 3.60. The van der Waals surface area contributed by atoms with E-state index in [1.807, 2.05) is 58.1 Å². The van der Waals surface area contributed by atoms with Crippen LogP contribution < -0.4 is 0 Å². The molecule has 0 fully saturated rings. The summed E-state index contributed by atoms with van der Waals surface area (Å²) in [6.45, 7) is 9.61. The molecule has 0 saturated heterocycles. The highest BCUT2D eigenvalue weighted by Crippen LogP contribution is 2.02. The second-order valence-electron chi connectivity index (χ2n) is 6.26. The molecule has 0 rings (SSSR count). The minimum atomic E-state index is -0.587. The van der Waals surface area contributed by atoms with Crippen molar-refractivity contribution in [3.63, 3.8) is 0 Å². The maximum atomic E-state index is 11.3. The minimum Gasteiger partial charge on any atom is -0.462 e. The largest absolute Gasteiger partial charge is 0.462 e. The lowest BCUT2D eigenvalue weighted by atomic mass is 10.2. The van der Waals surface area contributed by atoms with Gasteiger partial charge in [-0.3, -0.25) is 0 Å². The highest BCUT2D eigenvalue weighted by Gasteiger charge is 2.08. The lowest BCUT2D eigenvalue weighted by Crippen LogP contribution is -2.05. The van der Waals surface area contributed by atoms with Crippen LogP contribution in [0.15, 0.2) is 58.9 Å². The van der Waals surface area contributed by atoms with E-state index < -0.39 is 11.9 Å². The Kier molecular flexibility index (Phi) is 16.7. The summed E-state index contributed by atoms with van der Waals surface area (Å²) in [6.07, 6.45) is 10.1. The molecule has 0 spiro atoms. The first-order valence-corrected chi connectivity index (χ1v) is 9.35. The van der Waals surface area contributed by atoms with E-state index in [1.54, 1.807) is 32.1 Å². The molecule has 0 N–H and O–H groups in total. The molecular weight excluding hydrogens is 382 g/mol. The van der Waals surface area contributed by atoms with Gasteiger partial charge in [0, 0.05) is 14.1 Å². The van der Waals surface area contributed by atoms with Gasteiger partial charge in [-0.2, -0.15) is 10.5 Å². The van der Waals surface area contributed by atoms with Gasteiger partial charge in [-0.05, 0) is 64.6 Å². The Labute approximate surface area is 179 Å². The van der Waals surface area contributed by atoms with E-state index in [0.717, 1.165) is 11.1 Å². The van der Waals surface area contributed by atoms with E-state index >= 15 is 0 Å². The van der Waals surface area contributed by atoms with Crippen molar-refractivity contribution < 1.29 is 19.1 Å². The van der Waals surface area contributed by atoms with Crippen molar-refractivity contribution in [1.29, 1.82) is 10.5 Å². The molecular formula is C23H31N3O4. The highest BCUT2D eigenvalue weighted by atomic mass is 16.5. The van der Waals surface area contributed by atoms with Gasteiger partial charge in [0.15, 0.2) is 0 Å². The highest BCUT2D eigenvalue weighted by molar-refractivity contribution is 5.93. The molecule has 7 nitrogen and oxygen atoms in total. The number of hydrogen-bond acceptors (Lipinski definition) is 7. The van der Waals surface area contributed by atoms with Crippen molar-refractivity contribution in [1.82, 2.24) is 4.90 Å². The third-order valence-corrected chi connectivity index (χ3v) is 2.96. The maximum Gasteiger partial charge on any atom is 0.348 e. The zero-order chi connectivity index (χ0) is 23.5. The molecule has 0 unspecified atom stereocenters. The third kappa shape index (κ3) is 15.5. The van der Waals surface area contributed by atoms with Crippen LogP contribution in [-0.2, 0) is 19.1 Å². The van der Waals surface area contributed by atoms with Crippen molar-refractivity contribution in [2.45, 2.75) is 34.6 Å². The Balaban J connectivity index is 0.